The summed E-state index contributed by atoms with van der Waals surface area (Å²) in [5.41, 5.74) is 8.96. The summed E-state index contributed by atoms with van der Waals surface area (Å²) in [6.45, 7) is 7.23. The molecule has 0 spiro atoms. The monoisotopic (exact) mass is 247 g/mol. The highest BCUT2D eigenvalue weighted by Gasteiger charge is 2.35. The van der Waals surface area contributed by atoms with E-state index in [1.807, 2.05) is 6.07 Å². The summed E-state index contributed by atoms with van der Waals surface area (Å²) in [4.78, 5) is 0. The quantitative estimate of drug-likeness (QED) is 0.795. The molecule has 2 rings (SSSR count). The number of hydrogen-bond acceptors (Lipinski definition) is 3. The molecule has 1 unspecified atom stereocenters. The third kappa shape index (κ3) is 2.61. The lowest BCUT2D eigenvalue weighted by Gasteiger charge is -2.21. The van der Waals surface area contributed by atoms with Gasteiger partial charge in [0.1, 0.15) is 0 Å². The molecule has 1 aromatic rings. The van der Waals surface area contributed by atoms with Crippen molar-refractivity contribution in [1.82, 2.24) is 0 Å². The second kappa shape index (κ2) is 5.04. The van der Waals surface area contributed by atoms with Gasteiger partial charge in [0.15, 0.2) is 0 Å². The van der Waals surface area contributed by atoms with Crippen molar-refractivity contribution >= 4 is 12.6 Å². The topological polar surface area (TPSA) is 55.5 Å². The van der Waals surface area contributed by atoms with Gasteiger partial charge in [-0.1, -0.05) is 39.0 Å². The van der Waals surface area contributed by atoms with Gasteiger partial charge in [-0.25, -0.2) is 0 Å². The molecule has 18 heavy (non-hydrogen) atoms. The predicted molar refractivity (Wildman–Crippen MR) is 74.9 cm³/mol. The highest BCUT2D eigenvalue weighted by molar-refractivity contribution is 6.61. The van der Waals surface area contributed by atoms with Gasteiger partial charge in [-0.15, -0.1) is 0 Å². The molecule has 0 aromatic heterocycles. The van der Waals surface area contributed by atoms with E-state index in [1.165, 1.54) is 5.56 Å². The van der Waals surface area contributed by atoms with Gasteiger partial charge in [-0.2, -0.15) is 0 Å². The van der Waals surface area contributed by atoms with Gasteiger partial charge in [0, 0.05) is 0 Å². The summed E-state index contributed by atoms with van der Waals surface area (Å²) in [6.07, 6.45) is 1.77. The molecule has 98 valence electrons. The molecule has 0 saturated carbocycles. The smallest absolute Gasteiger partial charge is 0.423 e. The van der Waals surface area contributed by atoms with Gasteiger partial charge < -0.3 is 15.4 Å². The van der Waals surface area contributed by atoms with Crippen LogP contribution in [-0.2, 0) is 10.1 Å². The fraction of sp³-hybridized carbons (Fsp3) is 0.571. The second-order valence-electron chi connectivity index (χ2n) is 6.00. The molecule has 0 saturated heterocycles. The number of nitrogens with two attached hydrogens (primary N) is 1. The van der Waals surface area contributed by atoms with Crippen molar-refractivity contribution in [3.8, 4) is 0 Å². The Bertz CT molecular complexity index is 428. The Morgan fingerprint density at radius 2 is 2.11 bits per heavy atom. The SMILES string of the molecule is CC(C)(C)c1ccc2c(c1)C(CCCN)OB2O. The normalized spacial score (nSPS) is 19.2. The van der Waals surface area contributed by atoms with Gasteiger partial charge in [0.2, 0.25) is 0 Å². The summed E-state index contributed by atoms with van der Waals surface area (Å²) >= 11 is 0. The average Bonchev–Trinajstić information content (AvgIpc) is 2.62. The van der Waals surface area contributed by atoms with Crippen LogP contribution in [0.4, 0.5) is 0 Å². The molecule has 4 heteroatoms. The Kier molecular flexibility index (Phi) is 3.80. The summed E-state index contributed by atoms with van der Waals surface area (Å²) in [5.74, 6) is 0. The van der Waals surface area contributed by atoms with Gasteiger partial charge in [-0.05, 0) is 41.4 Å². The minimum absolute atomic E-state index is 0.0131. The van der Waals surface area contributed by atoms with E-state index in [9.17, 15) is 5.02 Å². The first-order chi connectivity index (χ1) is 8.43. The van der Waals surface area contributed by atoms with Gasteiger partial charge in [-0.3, -0.25) is 0 Å². The van der Waals surface area contributed by atoms with Crippen molar-refractivity contribution in [3.05, 3.63) is 29.3 Å². The second-order valence-corrected chi connectivity index (χ2v) is 6.00. The number of benzene rings is 1. The lowest BCUT2D eigenvalue weighted by atomic mass is 9.76. The molecular formula is C14H22BNO2. The Morgan fingerprint density at radius 1 is 1.39 bits per heavy atom. The van der Waals surface area contributed by atoms with E-state index >= 15 is 0 Å². The Labute approximate surface area is 109 Å². The van der Waals surface area contributed by atoms with Crippen LogP contribution in [0.25, 0.3) is 0 Å². The van der Waals surface area contributed by atoms with E-state index in [2.05, 4.69) is 32.9 Å². The molecule has 0 amide bonds. The largest absolute Gasteiger partial charge is 0.491 e. The maximum absolute atomic E-state index is 9.89. The van der Waals surface area contributed by atoms with Crippen LogP contribution in [0.2, 0.25) is 0 Å². The standard InChI is InChI=1S/C14H22BNO2/c1-14(2,3)10-6-7-12-11(9-10)13(5-4-8-16)18-15(12)17/h6-7,9,13,17H,4-5,8,16H2,1-3H3. The minimum Gasteiger partial charge on any atom is -0.423 e. The van der Waals surface area contributed by atoms with Crippen molar-refractivity contribution in [2.75, 3.05) is 6.54 Å². The van der Waals surface area contributed by atoms with Crippen LogP contribution in [0.3, 0.4) is 0 Å². The first-order valence-corrected chi connectivity index (χ1v) is 6.61. The van der Waals surface area contributed by atoms with Crippen molar-refractivity contribution in [2.24, 2.45) is 5.73 Å². The van der Waals surface area contributed by atoms with Crippen LogP contribution in [0, 0.1) is 0 Å². The maximum Gasteiger partial charge on any atom is 0.491 e. The van der Waals surface area contributed by atoms with Crippen LogP contribution in [-0.4, -0.2) is 18.7 Å². The fourth-order valence-corrected chi connectivity index (χ4v) is 2.37. The first-order valence-electron chi connectivity index (χ1n) is 6.61. The first kappa shape index (κ1) is 13.6. The molecule has 1 aromatic carbocycles. The van der Waals surface area contributed by atoms with Crippen LogP contribution in [0.15, 0.2) is 18.2 Å². The van der Waals surface area contributed by atoms with Gasteiger partial charge in [0.25, 0.3) is 0 Å². The molecule has 1 aliphatic heterocycles. The van der Waals surface area contributed by atoms with E-state index in [1.54, 1.807) is 0 Å². The van der Waals surface area contributed by atoms with Crippen LogP contribution in [0.5, 0.6) is 0 Å². The molecule has 3 nitrogen and oxygen atoms in total. The van der Waals surface area contributed by atoms with Crippen molar-refractivity contribution < 1.29 is 9.68 Å². The number of hydrogen-bond donors (Lipinski definition) is 2. The summed E-state index contributed by atoms with van der Waals surface area (Å²) in [5, 5.41) is 9.89. The Balaban J connectivity index is 2.31. The van der Waals surface area contributed by atoms with Crippen molar-refractivity contribution in [2.45, 2.75) is 45.1 Å². The third-order valence-corrected chi connectivity index (χ3v) is 3.53. The zero-order valence-electron chi connectivity index (χ0n) is 11.4. The highest BCUT2D eigenvalue weighted by Crippen LogP contribution is 2.31. The van der Waals surface area contributed by atoms with E-state index in [-0.39, 0.29) is 11.5 Å². The number of rotatable bonds is 3. The molecule has 0 radical (unpaired) electrons. The molecule has 1 atom stereocenters. The van der Waals surface area contributed by atoms with E-state index in [0.717, 1.165) is 23.9 Å². The zero-order valence-corrected chi connectivity index (χ0v) is 11.4. The minimum atomic E-state index is -0.781. The molecule has 0 fully saturated rings. The Hall–Kier alpha value is -0.835. The molecule has 0 aliphatic carbocycles. The lowest BCUT2D eigenvalue weighted by molar-refractivity contribution is 0.179. The summed E-state index contributed by atoms with van der Waals surface area (Å²) in [6, 6.07) is 6.24. The van der Waals surface area contributed by atoms with Crippen LogP contribution >= 0.6 is 0 Å². The van der Waals surface area contributed by atoms with Gasteiger partial charge in [0.05, 0.1) is 6.10 Å². The lowest BCUT2D eigenvalue weighted by Crippen LogP contribution is -2.28. The zero-order chi connectivity index (χ0) is 13.3. The molecule has 3 N–H and O–H groups in total. The average molecular weight is 247 g/mol. The van der Waals surface area contributed by atoms with Crippen molar-refractivity contribution in [1.29, 1.82) is 0 Å². The third-order valence-electron chi connectivity index (χ3n) is 3.53. The molecular weight excluding hydrogens is 225 g/mol. The fourth-order valence-electron chi connectivity index (χ4n) is 2.37. The molecule has 1 heterocycles. The predicted octanol–water partition coefficient (Wildman–Crippen LogP) is 1.48. The number of fused-ring (bicyclic) bond motifs is 1. The maximum atomic E-state index is 9.89. The molecule has 0 bridgehead atoms. The Morgan fingerprint density at radius 3 is 2.72 bits per heavy atom. The highest BCUT2D eigenvalue weighted by atomic mass is 16.5. The van der Waals surface area contributed by atoms with Crippen molar-refractivity contribution in [3.63, 3.8) is 0 Å². The van der Waals surface area contributed by atoms with Gasteiger partial charge >= 0.3 is 7.12 Å². The molecule has 1 aliphatic rings. The summed E-state index contributed by atoms with van der Waals surface area (Å²) < 4.78 is 5.60. The van der Waals surface area contributed by atoms with E-state index in [4.69, 9.17) is 10.4 Å². The van der Waals surface area contributed by atoms with E-state index < -0.39 is 7.12 Å². The van der Waals surface area contributed by atoms with E-state index in [0.29, 0.717) is 6.54 Å². The van der Waals surface area contributed by atoms with Crippen LogP contribution < -0.4 is 11.2 Å². The van der Waals surface area contributed by atoms with Crippen LogP contribution in [0.1, 0.15) is 50.8 Å². The summed E-state index contributed by atoms with van der Waals surface area (Å²) in [7, 11) is -0.781.